The molecule has 0 unspecified atom stereocenters. The van der Waals surface area contributed by atoms with Crippen molar-refractivity contribution in [2.24, 2.45) is 17.8 Å². The predicted molar refractivity (Wildman–Crippen MR) is 107 cm³/mol. The van der Waals surface area contributed by atoms with Crippen molar-refractivity contribution in [2.45, 2.75) is 43.9 Å². The predicted octanol–water partition coefficient (Wildman–Crippen LogP) is 5.50. The Balaban J connectivity index is 1.63. The number of terminal acetylenes is 1. The Morgan fingerprint density at radius 2 is 1.56 bits per heavy atom. The number of aromatic carboxylic acids is 1. The zero-order chi connectivity index (χ0) is 18.6. The lowest BCUT2D eigenvalue weighted by molar-refractivity contribution is -0.00493. The first-order valence-electron chi connectivity index (χ1n) is 10.0. The fourth-order valence-electron chi connectivity index (χ4n) is 6.56. The first-order chi connectivity index (χ1) is 13.1. The summed E-state index contributed by atoms with van der Waals surface area (Å²) in [6, 6.07) is 13.7. The summed E-state index contributed by atoms with van der Waals surface area (Å²) in [6.45, 7) is 0. The lowest BCUT2D eigenvalue weighted by Crippen LogP contribution is -2.48. The van der Waals surface area contributed by atoms with Gasteiger partial charge in [-0.3, -0.25) is 0 Å². The van der Waals surface area contributed by atoms with E-state index in [4.69, 9.17) is 6.42 Å². The van der Waals surface area contributed by atoms with E-state index >= 15 is 0 Å². The van der Waals surface area contributed by atoms with Gasteiger partial charge >= 0.3 is 5.97 Å². The van der Waals surface area contributed by atoms with Crippen LogP contribution in [0.15, 0.2) is 42.5 Å². The van der Waals surface area contributed by atoms with Gasteiger partial charge in [0, 0.05) is 5.56 Å². The van der Waals surface area contributed by atoms with Crippen molar-refractivity contribution in [3.8, 4) is 23.5 Å². The van der Waals surface area contributed by atoms with Crippen LogP contribution >= 0.6 is 0 Å². The maximum Gasteiger partial charge on any atom is 0.335 e. The van der Waals surface area contributed by atoms with E-state index in [1.807, 2.05) is 18.2 Å². The van der Waals surface area contributed by atoms with Gasteiger partial charge in [0.2, 0.25) is 0 Å². The fourth-order valence-corrected chi connectivity index (χ4v) is 6.56. The van der Waals surface area contributed by atoms with Crippen molar-refractivity contribution in [3.63, 3.8) is 0 Å². The molecule has 0 amide bonds. The van der Waals surface area contributed by atoms with Gasteiger partial charge in [0.25, 0.3) is 0 Å². The molecule has 1 N–H and O–H groups in total. The highest BCUT2D eigenvalue weighted by molar-refractivity contribution is 5.88. The van der Waals surface area contributed by atoms with Crippen LogP contribution in [0.2, 0.25) is 0 Å². The van der Waals surface area contributed by atoms with E-state index in [1.54, 1.807) is 12.1 Å². The minimum absolute atomic E-state index is 0.252. The third-order valence-corrected chi connectivity index (χ3v) is 7.24. The average molecular weight is 356 g/mol. The highest BCUT2D eigenvalue weighted by Gasteiger charge is 2.52. The molecule has 4 saturated carbocycles. The normalized spacial score (nSPS) is 30.9. The van der Waals surface area contributed by atoms with Crippen LogP contribution in [0.5, 0.6) is 0 Å². The molecule has 2 nitrogen and oxygen atoms in total. The van der Waals surface area contributed by atoms with Crippen LogP contribution in [-0.4, -0.2) is 11.1 Å². The molecule has 4 aliphatic carbocycles. The van der Waals surface area contributed by atoms with Crippen molar-refractivity contribution in [3.05, 3.63) is 59.2 Å². The third-order valence-electron chi connectivity index (χ3n) is 7.24. The number of carboxylic acids is 1. The molecule has 4 bridgehead atoms. The molecule has 4 fully saturated rings. The molecule has 0 radical (unpaired) electrons. The Kier molecular flexibility index (Phi) is 3.69. The molecule has 6 rings (SSSR count). The molecule has 0 aromatic heterocycles. The summed E-state index contributed by atoms with van der Waals surface area (Å²) in [5.74, 6) is 4.55. The number of hydrogen-bond donors (Lipinski definition) is 1. The van der Waals surface area contributed by atoms with Crippen LogP contribution in [0, 0.1) is 30.1 Å². The van der Waals surface area contributed by atoms with Crippen LogP contribution in [0.25, 0.3) is 11.1 Å². The van der Waals surface area contributed by atoms with Gasteiger partial charge in [-0.15, -0.1) is 6.42 Å². The van der Waals surface area contributed by atoms with Crippen LogP contribution in [0.4, 0.5) is 0 Å². The lowest BCUT2D eigenvalue weighted by Gasteiger charge is -2.57. The minimum Gasteiger partial charge on any atom is -0.478 e. The zero-order valence-electron chi connectivity index (χ0n) is 15.4. The van der Waals surface area contributed by atoms with Gasteiger partial charge in [0.05, 0.1) is 5.56 Å². The van der Waals surface area contributed by atoms with Crippen molar-refractivity contribution in [1.29, 1.82) is 0 Å². The van der Waals surface area contributed by atoms with E-state index in [0.29, 0.717) is 5.56 Å². The van der Waals surface area contributed by atoms with E-state index in [2.05, 4.69) is 18.1 Å². The van der Waals surface area contributed by atoms with E-state index < -0.39 is 5.97 Å². The van der Waals surface area contributed by atoms with Crippen LogP contribution in [0.1, 0.15) is 60.0 Å². The molecular formula is C25H24O2. The molecule has 27 heavy (non-hydrogen) atoms. The summed E-state index contributed by atoms with van der Waals surface area (Å²) in [7, 11) is 0. The summed E-state index contributed by atoms with van der Waals surface area (Å²) < 4.78 is 0. The van der Waals surface area contributed by atoms with Crippen LogP contribution in [0.3, 0.4) is 0 Å². The second kappa shape index (κ2) is 5.99. The standard InChI is InChI=1S/C25H24O2/c1-2-16-3-8-22(20-4-6-21(7-5-20)24(26)27)23(12-16)25-13-17-9-18(14-25)11-19(10-17)15-25/h1,3-8,12,17-19H,9-11,13-15H2,(H,26,27). The number of carbonyl (C=O) groups is 1. The molecule has 2 aromatic rings. The van der Waals surface area contributed by atoms with E-state index in [1.165, 1.54) is 49.7 Å². The van der Waals surface area contributed by atoms with E-state index in [-0.39, 0.29) is 5.41 Å². The van der Waals surface area contributed by atoms with Gasteiger partial charge in [0.1, 0.15) is 0 Å². The SMILES string of the molecule is C#Cc1ccc(-c2ccc(C(=O)O)cc2)c(C23CC4CC(CC(C4)C2)C3)c1. The van der Waals surface area contributed by atoms with Gasteiger partial charge < -0.3 is 5.11 Å². The molecule has 0 saturated heterocycles. The second-order valence-corrected chi connectivity index (χ2v) is 8.99. The van der Waals surface area contributed by atoms with Gasteiger partial charge in [-0.2, -0.15) is 0 Å². The Labute approximate surface area is 160 Å². The monoisotopic (exact) mass is 356 g/mol. The summed E-state index contributed by atoms with van der Waals surface area (Å²) in [5.41, 5.74) is 5.26. The molecule has 4 aliphatic rings. The molecule has 0 aliphatic heterocycles. The Bertz CT molecular complexity index is 910. The smallest absolute Gasteiger partial charge is 0.335 e. The molecular weight excluding hydrogens is 332 g/mol. The second-order valence-electron chi connectivity index (χ2n) is 8.99. The van der Waals surface area contributed by atoms with Crippen LogP contribution < -0.4 is 0 Å². The summed E-state index contributed by atoms with van der Waals surface area (Å²) in [6.07, 6.45) is 13.8. The maximum atomic E-state index is 11.2. The molecule has 0 atom stereocenters. The molecule has 2 heteroatoms. The van der Waals surface area contributed by atoms with Gasteiger partial charge in [-0.05, 0) is 103 Å². The number of rotatable bonds is 3. The lowest BCUT2D eigenvalue weighted by atomic mass is 9.47. The third kappa shape index (κ3) is 2.69. The van der Waals surface area contributed by atoms with Gasteiger partial charge in [-0.1, -0.05) is 24.1 Å². The van der Waals surface area contributed by atoms with Crippen molar-refractivity contribution >= 4 is 5.97 Å². The van der Waals surface area contributed by atoms with Crippen molar-refractivity contribution in [2.75, 3.05) is 0 Å². The molecule has 0 spiro atoms. The quantitative estimate of drug-likeness (QED) is 0.737. The largest absolute Gasteiger partial charge is 0.478 e. The first-order valence-corrected chi connectivity index (χ1v) is 10.0. The molecule has 136 valence electrons. The van der Waals surface area contributed by atoms with Crippen LogP contribution in [-0.2, 0) is 5.41 Å². The summed E-state index contributed by atoms with van der Waals surface area (Å²) in [5, 5.41) is 9.20. The Morgan fingerprint density at radius 3 is 2.07 bits per heavy atom. The van der Waals surface area contributed by atoms with Crippen molar-refractivity contribution in [1.82, 2.24) is 0 Å². The zero-order valence-corrected chi connectivity index (χ0v) is 15.4. The Hall–Kier alpha value is -2.53. The molecule has 2 aromatic carbocycles. The Morgan fingerprint density at radius 1 is 0.963 bits per heavy atom. The highest BCUT2D eigenvalue weighted by Crippen LogP contribution is 2.61. The van der Waals surface area contributed by atoms with Crippen molar-refractivity contribution < 1.29 is 9.90 Å². The number of carboxylic acid groups (broad SMARTS) is 1. The van der Waals surface area contributed by atoms with Gasteiger partial charge in [0.15, 0.2) is 0 Å². The van der Waals surface area contributed by atoms with E-state index in [9.17, 15) is 9.90 Å². The topological polar surface area (TPSA) is 37.3 Å². The number of hydrogen-bond acceptors (Lipinski definition) is 1. The fraction of sp³-hybridized carbons (Fsp3) is 0.400. The highest BCUT2D eigenvalue weighted by atomic mass is 16.4. The minimum atomic E-state index is -0.884. The molecule has 0 heterocycles. The first kappa shape index (κ1) is 16.6. The van der Waals surface area contributed by atoms with Gasteiger partial charge in [-0.25, -0.2) is 4.79 Å². The maximum absolute atomic E-state index is 11.2. The summed E-state index contributed by atoms with van der Waals surface area (Å²) in [4.78, 5) is 11.2. The number of benzene rings is 2. The average Bonchev–Trinajstić information content (AvgIpc) is 2.66. The summed E-state index contributed by atoms with van der Waals surface area (Å²) >= 11 is 0. The van der Waals surface area contributed by atoms with E-state index in [0.717, 1.165) is 28.9 Å².